The van der Waals surface area contributed by atoms with Crippen molar-refractivity contribution in [3.8, 4) is 0 Å². The summed E-state index contributed by atoms with van der Waals surface area (Å²) in [5.74, 6) is 0.436. The Hall–Kier alpha value is -1.43. The van der Waals surface area contributed by atoms with Gasteiger partial charge in [-0.25, -0.2) is 0 Å². The molecule has 1 amide bonds. The largest absolute Gasteiger partial charge is 0.352 e. The maximum atomic E-state index is 11.5. The van der Waals surface area contributed by atoms with Gasteiger partial charge >= 0.3 is 0 Å². The Morgan fingerprint density at radius 3 is 2.88 bits per heavy atom. The third-order valence-electron chi connectivity index (χ3n) is 1.74. The fourth-order valence-electron chi connectivity index (χ4n) is 1.12. The Kier molecular flexibility index (Phi) is 4.42. The Balaban J connectivity index is 2.58. The number of halogens is 1. The van der Waals surface area contributed by atoms with E-state index in [0.29, 0.717) is 5.82 Å². The molecule has 16 heavy (non-hydrogen) atoms. The van der Waals surface area contributed by atoms with Crippen molar-refractivity contribution in [2.24, 2.45) is 0 Å². The lowest BCUT2D eigenvalue weighted by molar-refractivity contribution is -0.120. The highest BCUT2D eigenvalue weighted by molar-refractivity contribution is 6.28. The number of carbonyl (C=O) groups excluding carboxylic acids is 1. The molecule has 0 aliphatic rings. The molecule has 0 fully saturated rings. The molecular weight excluding hydrogens is 230 g/mol. The Morgan fingerprint density at radius 1 is 1.62 bits per heavy atom. The van der Waals surface area contributed by atoms with Crippen LogP contribution in [0.1, 0.15) is 13.8 Å². The van der Waals surface area contributed by atoms with E-state index in [0.717, 1.165) is 0 Å². The van der Waals surface area contributed by atoms with Crippen LogP contribution in [0.25, 0.3) is 0 Å². The van der Waals surface area contributed by atoms with Crippen LogP contribution in [0.2, 0.25) is 5.28 Å². The van der Waals surface area contributed by atoms with Crippen molar-refractivity contribution in [2.75, 3.05) is 18.5 Å². The van der Waals surface area contributed by atoms with Crippen LogP contribution in [0.3, 0.4) is 0 Å². The first-order chi connectivity index (χ1) is 7.49. The average molecular weight is 244 g/mol. The Labute approximate surface area is 99.0 Å². The summed E-state index contributed by atoms with van der Waals surface area (Å²) in [6.07, 6.45) is 1.45. The van der Waals surface area contributed by atoms with Crippen molar-refractivity contribution in [2.45, 2.75) is 19.9 Å². The molecule has 0 saturated heterocycles. The molecule has 0 unspecified atom stereocenters. The maximum absolute atomic E-state index is 11.5. The molecule has 0 spiro atoms. The molecule has 0 aliphatic carbocycles. The first-order valence-electron chi connectivity index (χ1n) is 4.84. The van der Waals surface area contributed by atoms with Gasteiger partial charge in [-0.3, -0.25) is 4.79 Å². The van der Waals surface area contributed by atoms with Crippen molar-refractivity contribution in [3.05, 3.63) is 11.5 Å². The number of amides is 1. The maximum Gasteiger partial charge on any atom is 0.244 e. The molecule has 0 radical (unpaired) electrons. The number of nitrogens with zero attached hydrogens (tertiary/aromatic N) is 4. The second-order valence-electron chi connectivity index (χ2n) is 3.66. The van der Waals surface area contributed by atoms with E-state index in [1.165, 1.54) is 6.20 Å². The van der Waals surface area contributed by atoms with Crippen molar-refractivity contribution < 1.29 is 4.79 Å². The second-order valence-corrected chi connectivity index (χ2v) is 4.00. The SMILES string of the molecule is CC(C)NC(=O)CN(C)c1cnnc(Cl)n1. The van der Waals surface area contributed by atoms with Gasteiger partial charge in [-0.15, -0.1) is 5.10 Å². The van der Waals surface area contributed by atoms with Gasteiger partial charge in [0.15, 0.2) is 5.82 Å². The molecule has 6 nitrogen and oxygen atoms in total. The van der Waals surface area contributed by atoms with Crippen LogP contribution in [0.4, 0.5) is 5.82 Å². The normalized spacial score (nSPS) is 10.3. The zero-order valence-corrected chi connectivity index (χ0v) is 10.2. The summed E-state index contributed by atoms with van der Waals surface area (Å²) in [5.41, 5.74) is 0. The van der Waals surface area contributed by atoms with Crippen molar-refractivity contribution in [3.63, 3.8) is 0 Å². The molecule has 1 aromatic rings. The summed E-state index contributed by atoms with van der Waals surface area (Å²) in [5, 5.41) is 10.0. The van der Waals surface area contributed by atoms with E-state index in [1.807, 2.05) is 13.8 Å². The molecule has 1 heterocycles. The van der Waals surface area contributed by atoms with Gasteiger partial charge in [-0.05, 0) is 25.4 Å². The number of aromatic nitrogens is 3. The molecule has 88 valence electrons. The number of likely N-dealkylation sites (N-methyl/N-ethyl adjacent to an activating group) is 1. The number of hydrogen-bond acceptors (Lipinski definition) is 5. The van der Waals surface area contributed by atoms with Crippen LogP contribution >= 0.6 is 11.6 Å². The summed E-state index contributed by atoms with van der Waals surface area (Å²) in [7, 11) is 1.74. The third-order valence-corrected chi connectivity index (χ3v) is 1.90. The molecule has 0 aliphatic heterocycles. The lowest BCUT2D eigenvalue weighted by atomic mass is 10.4. The van der Waals surface area contributed by atoms with Gasteiger partial charge in [0.05, 0.1) is 12.7 Å². The standard InChI is InChI=1S/C9H14ClN5O/c1-6(2)12-8(16)5-15(3)7-4-11-14-9(10)13-7/h4,6H,5H2,1-3H3,(H,12,16). The van der Waals surface area contributed by atoms with E-state index < -0.39 is 0 Å². The van der Waals surface area contributed by atoms with Gasteiger partial charge < -0.3 is 10.2 Å². The highest BCUT2D eigenvalue weighted by Crippen LogP contribution is 2.07. The second kappa shape index (κ2) is 5.60. The first kappa shape index (κ1) is 12.6. The highest BCUT2D eigenvalue weighted by Gasteiger charge is 2.10. The van der Waals surface area contributed by atoms with E-state index >= 15 is 0 Å². The Bertz CT molecular complexity index is 371. The van der Waals surface area contributed by atoms with Crippen LogP contribution in [0, 0.1) is 0 Å². The topological polar surface area (TPSA) is 71.0 Å². The quantitative estimate of drug-likeness (QED) is 0.833. The highest BCUT2D eigenvalue weighted by atomic mass is 35.5. The fraction of sp³-hybridized carbons (Fsp3) is 0.556. The van der Waals surface area contributed by atoms with Gasteiger partial charge in [0.2, 0.25) is 11.2 Å². The minimum Gasteiger partial charge on any atom is -0.352 e. The minimum atomic E-state index is -0.0766. The lowest BCUT2D eigenvalue weighted by Gasteiger charge is -2.17. The summed E-state index contributed by atoms with van der Waals surface area (Å²) < 4.78 is 0. The zero-order chi connectivity index (χ0) is 12.1. The van der Waals surface area contributed by atoms with E-state index in [9.17, 15) is 4.79 Å². The predicted molar refractivity (Wildman–Crippen MR) is 61.4 cm³/mol. The summed E-state index contributed by atoms with van der Waals surface area (Å²) in [6, 6.07) is 0.119. The summed E-state index contributed by atoms with van der Waals surface area (Å²) >= 11 is 5.60. The number of hydrogen-bond donors (Lipinski definition) is 1. The molecule has 1 N–H and O–H groups in total. The minimum absolute atomic E-state index is 0.0635. The van der Waals surface area contributed by atoms with Crippen molar-refractivity contribution in [1.29, 1.82) is 0 Å². The smallest absolute Gasteiger partial charge is 0.244 e. The van der Waals surface area contributed by atoms with Crippen LogP contribution in [-0.4, -0.2) is 40.7 Å². The van der Waals surface area contributed by atoms with Crippen LogP contribution in [0.15, 0.2) is 6.20 Å². The van der Waals surface area contributed by atoms with E-state index in [1.54, 1.807) is 11.9 Å². The molecule has 1 rings (SSSR count). The Morgan fingerprint density at radius 2 is 2.31 bits per heavy atom. The van der Waals surface area contributed by atoms with Crippen molar-refractivity contribution in [1.82, 2.24) is 20.5 Å². The van der Waals surface area contributed by atoms with E-state index in [2.05, 4.69) is 20.5 Å². The molecule has 0 bridgehead atoms. The van der Waals surface area contributed by atoms with Crippen LogP contribution in [0.5, 0.6) is 0 Å². The zero-order valence-electron chi connectivity index (χ0n) is 9.44. The fourth-order valence-corrected chi connectivity index (χ4v) is 1.25. The molecule has 7 heteroatoms. The van der Waals surface area contributed by atoms with E-state index in [-0.39, 0.29) is 23.8 Å². The van der Waals surface area contributed by atoms with Gasteiger partial charge in [0.25, 0.3) is 0 Å². The number of nitrogens with one attached hydrogen (secondary N) is 1. The van der Waals surface area contributed by atoms with Gasteiger partial charge in [-0.2, -0.15) is 10.1 Å². The monoisotopic (exact) mass is 243 g/mol. The molecule has 0 saturated carbocycles. The van der Waals surface area contributed by atoms with Crippen molar-refractivity contribution >= 4 is 23.3 Å². The molecule has 0 atom stereocenters. The molecule has 1 aromatic heterocycles. The summed E-state index contributed by atoms with van der Waals surface area (Å²) in [6.45, 7) is 4.01. The van der Waals surface area contributed by atoms with Gasteiger partial charge in [-0.1, -0.05) is 0 Å². The van der Waals surface area contributed by atoms with E-state index in [4.69, 9.17) is 11.6 Å². The third kappa shape index (κ3) is 3.98. The molecule has 0 aromatic carbocycles. The number of rotatable bonds is 4. The van der Waals surface area contributed by atoms with Gasteiger partial charge in [0.1, 0.15) is 0 Å². The number of carbonyl (C=O) groups is 1. The summed E-state index contributed by atoms with van der Waals surface area (Å²) in [4.78, 5) is 17.1. The first-order valence-corrected chi connectivity index (χ1v) is 5.22. The lowest BCUT2D eigenvalue weighted by Crippen LogP contribution is -2.38. The van der Waals surface area contributed by atoms with Gasteiger partial charge in [0, 0.05) is 13.1 Å². The van der Waals surface area contributed by atoms with Crippen LogP contribution < -0.4 is 10.2 Å². The number of anilines is 1. The van der Waals surface area contributed by atoms with Crippen LogP contribution in [-0.2, 0) is 4.79 Å². The predicted octanol–water partition coefficient (Wildman–Crippen LogP) is 0.486. The molecular formula is C9H14ClN5O. The average Bonchev–Trinajstić information content (AvgIpc) is 2.16.